The van der Waals surface area contributed by atoms with Crippen LogP contribution in [0.2, 0.25) is 5.02 Å². The maximum Gasteiger partial charge on any atom is 0.124 e. The van der Waals surface area contributed by atoms with Crippen LogP contribution in [0.15, 0.2) is 60.5 Å². The highest BCUT2D eigenvalue weighted by atomic mass is 35.5. The molecule has 6 heteroatoms. The Morgan fingerprint density at radius 2 is 2.10 bits per heavy atom. The first-order valence-corrected chi connectivity index (χ1v) is 10.4. The molecule has 1 aliphatic carbocycles. The predicted octanol–water partition coefficient (Wildman–Crippen LogP) is 6.59. The van der Waals surface area contributed by atoms with Crippen LogP contribution in [-0.4, -0.2) is 18.0 Å². The molecule has 4 unspecified atom stereocenters. The molecule has 0 spiro atoms. The Hall–Kier alpha value is -1.67. The molecule has 0 amide bonds. The fourth-order valence-corrected chi connectivity index (χ4v) is 3.99. The smallest absolute Gasteiger partial charge is 0.124 e. The highest BCUT2D eigenvalue weighted by Gasteiger charge is 2.41. The second-order valence-electron chi connectivity index (χ2n) is 8.02. The van der Waals surface area contributed by atoms with Gasteiger partial charge in [-0.25, -0.2) is 8.78 Å². The van der Waals surface area contributed by atoms with Gasteiger partial charge in [0.2, 0.25) is 0 Å². The van der Waals surface area contributed by atoms with Crippen LogP contribution < -0.4 is 5.32 Å². The minimum atomic E-state index is -0.590. The zero-order chi connectivity index (χ0) is 21.6. The zero-order valence-corrected chi connectivity index (χ0v) is 18.2. The van der Waals surface area contributed by atoms with E-state index in [1.54, 1.807) is 18.2 Å². The van der Waals surface area contributed by atoms with Crippen LogP contribution in [0.3, 0.4) is 0 Å². The second-order valence-corrected chi connectivity index (χ2v) is 8.98. The summed E-state index contributed by atoms with van der Waals surface area (Å²) in [4.78, 5) is 0. The number of nitrogens with zero attached hydrogens (tertiary/aromatic N) is 1. The molecule has 0 bridgehead atoms. The van der Waals surface area contributed by atoms with E-state index >= 15 is 0 Å². The first-order chi connectivity index (χ1) is 13.7. The average Bonchev–Trinajstić information content (AvgIpc) is 3.06. The van der Waals surface area contributed by atoms with Crippen LogP contribution in [0.25, 0.3) is 0 Å². The highest BCUT2D eigenvalue weighted by molar-refractivity contribution is 6.30. The number of nitriles is 1. The summed E-state index contributed by atoms with van der Waals surface area (Å²) in [5.74, 6) is -0.928. The number of allylic oxidation sites excluding steroid dienone is 4. The standard InChI is InChI=1S/C17H22ClFN2.C6H4ClF/c1-4-17(2,3)8-15-12(9-20)13(10-21-15)11-6-5-7-14(18)16(11)19;7-5-2-1-3-6(8)4-5/h4-6,12-15,21H,1,7-8,10H2,2-3H3;1-4H. The van der Waals surface area contributed by atoms with E-state index in [2.05, 4.69) is 31.8 Å². The van der Waals surface area contributed by atoms with E-state index in [1.807, 2.05) is 12.2 Å². The summed E-state index contributed by atoms with van der Waals surface area (Å²) in [7, 11) is 0. The number of alkyl halides is 1. The van der Waals surface area contributed by atoms with Gasteiger partial charge in [0.05, 0.1) is 17.4 Å². The molecule has 1 N–H and O–H groups in total. The van der Waals surface area contributed by atoms with Crippen LogP contribution >= 0.6 is 23.2 Å². The summed E-state index contributed by atoms with van der Waals surface area (Å²) in [5, 5.41) is 12.8. The van der Waals surface area contributed by atoms with Crippen molar-refractivity contribution in [2.24, 2.45) is 17.3 Å². The molecule has 0 radical (unpaired) electrons. The molecule has 0 aromatic heterocycles. The summed E-state index contributed by atoms with van der Waals surface area (Å²) in [5.41, 5.74) is 0.547. The van der Waals surface area contributed by atoms with E-state index in [0.717, 1.165) is 6.42 Å². The third kappa shape index (κ3) is 6.40. The second kappa shape index (κ2) is 10.4. The Morgan fingerprint density at radius 3 is 2.66 bits per heavy atom. The minimum absolute atomic E-state index is 0.0496. The number of hydrogen-bond donors (Lipinski definition) is 1. The lowest BCUT2D eigenvalue weighted by Crippen LogP contribution is -2.31. The first kappa shape index (κ1) is 23.6. The van der Waals surface area contributed by atoms with Crippen molar-refractivity contribution < 1.29 is 8.78 Å². The normalized spacial score (nSPS) is 26.5. The van der Waals surface area contributed by atoms with Gasteiger partial charge in [-0.3, -0.25) is 0 Å². The van der Waals surface area contributed by atoms with Crippen molar-refractivity contribution in [3.05, 3.63) is 71.3 Å². The predicted molar refractivity (Wildman–Crippen MR) is 116 cm³/mol. The number of benzene rings is 1. The average molecular weight is 439 g/mol. The van der Waals surface area contributed by atoms with Crippen LogP contribution in [0.5, 0.6) is 0 Å². The Balaban J connectivity index is 0.000000313. The van der Waals surface area contributed by atoms with Crippen molar-refractivity contribution in [2.45, 2.75) is 38.1 Å². The maximum atomic E-state index is 14.3. The van der Waals surface area contributed by atoms with Crippen molar-refractivity contribution in [1.82, 2.24) is 5.32 Å². The van der Waals surface area contributed by atoms with Gasteiger partial charge in [0, 0.05) is 23.5 Å². The largest absolute Gasteiger partial charge is 0.312 e. The Morgan fingerprint density at radius 1 is 1.38 bits per heavy atom. The van der Waals surface area contributed by atoms with Gasteiger partial charge in [-0.2, -0.15) is 5.26 Å². The number of halogens is 4. The molecule has 1 fully saturated rings. The van der Waals surface area contributed by atoms with Crippen molar-refractivity contribution in [3.8, 4) is 6.07 Å². The van der Waals surface area contributed by atoms with Gasteiger partial charge in [0.25, 0.3) is 0 Å². The van der Waals surface area contributed by atoms with E-state index in [0.29, 0.717) is 23.6 Å². The SMILES string of the molecule is C=CC(C)(C)CC1NCC(C2=C(F)C(Cl)CC=C2)C1C#N.Fc1cccc(Cl)c1. The van der Waals surface area contributed by atoms with Crippen LogP contribution in [-0.2, 0) is 0 Å². The lowest BCUT2D eigenvalue weighted by molar-refractivity contribution is 0.337. The summed E-state index contributed by atoms with van der Waals surface area (Å²) in [6.07, 6.45) is 6.93. The van der Waals surface area contributed by atoms with Crippen molar-refractivity contribution in [3.63, 3.8) is 0 Å². The quantitative estimate of drug-likeness (QED) is 0.425. The first-order valence-electron chi connectivity index (χ1n) is 9.56. The van der Waals surface area contributed by atoms with Crippen molar-refractivity contribution >= 4 is 23.2 Å². The molecular weight excluding hydrogens is 413 g/mol. The summed E-state index contributed by atoms with van der Waals surface area (Å²) >= 11 is 11.4. The van der Waals surface area contributed by atoms with Crippen LogP contribution in [0, 0.1) is 34.4 Å². The molecule has 1 aliphatic heterocycles. The molecule has 0 saturated carbocycles. The number of rotatable bonds is 4. The lowest BCUT2D eigenvalue weighted by atomic mass is 9.77. The van der Waals surface area contributed by atoms with Crippen molar-refractivity contribution in [2.75, 3.05) is 6.54 Å². The molecule has 2 aliphatic rings. The molecule has 29 heavy (non-hydrogen) atoms. The number of hydrogen-bond acceptors (Lipinski definition) is 2. The van der Waals surface area contributed by atoms with E-state index in [-0.39, 0.29) is 34.9 Å². The topological polar surface area (TPSA) is 35.8 Å². The fraction of sp³-hybridized carbons (Fsp3) is 0.435. The maximum absolute atomic E-state index is 14.3. The van der Waals surface area contributed by atoms with Gasteiger partial charge in [-0.05, 0) is 42.0 Å². The Bertz CT molecular complexity index is 809. The zero-order valence-electron chi connectivity index (χ0n) is 16.6. The molecule has 156 valence electrons. The third-order valence-corrected chi connectivity index (χ3v) is 5.90. The van der Waals surface area contributed by atoms with E-state index in [1.165, 1.54) is 12.1 Å². The molecule has 2 nitrogen and oxygen atoms in total. The molecule has 1 aromatic carbocycles. The molecule has 3 rings (SSSR count). The van der Waals surface area contributed by atoms with Gasteiger partial charge < -0.3 is 5.32 Å². The molecule has 1 aromatic rings. The number of nitrogens with one attached hydrogen (secondary N) is 1. The summed E-state index contributed by atoms with van der Waals surface area (Å²) in [6.45, 7) is 8.66. The van der Waals surface area contributed by atoms with E-state index in [9.17, 15) is 14.0 Å². The fourth-order valence-electron chi connectivity index (χ4n) is 3.58. The monoisotopic (exact) mass is 438 g/mol. The molecule has 1 saturated heterocycles. The molecule has 1 heterocycles. The highest BCUT2D eigenvalue weighted by Crippen LogP contribution is 2.39. The van der Waals surface area contributed by atoms with Crippen LogP contribution in [0.1, 0.15) is 26.7 Å². The minimum Gasteiger partial charge on any atom is -0.312 e. The van der Waals surface area contributed by atoms with Gasteiger partial charge in [0.15, 0.2) is 0 Å². The van der Waals surface area contributed by atoms with Crippen LogP contribution in [0.4, 0.5) is 8.78 Å². The lowest BCUT2D eigenvalue weighted by Gasteiger charge is -2.27. The van der Waals surface area contributed by atoms with Gasteiger partial charge in [-0.15, -0.1) is 18.2 Å². The van der Waals surface area contributed by atoms with Gasteiger partial charge >= 0.3 is 0 Å². The van der Waals surface area contributed by atoms with Crippen molar-refractivity contribution in [1.29, 1.82) is 5.26 Å². The Labute approximate surface area is 181 Å². The van der Waals surface area contributed by atoms with E-state index in [4.69, 9.17) is 23.2 Å². The summed E-state index contributed by atoms with van der Waals surface area (Å²) < 4.78 is 26.4. The van der Waals surface area contributed by atoms with Gasteiger partial charge in [0.1, 0.15) is 11.6 Å². The molecular formula is C23H26Cl2F2N2. The third-order valence-electron chi connectivity index (χ3n) is 5.29. The van der Waals surface area contributed by atoms with E-state index < -0.39 is 5.38 Å². The molecule has 4 atom stereocenters. The summed E-state index contributed by atoms with van der Waals surface area (Å²) in [6, 6.07) is 8.24. The Kier molecular flexibility index (Phi) is 8.46. The van der Waals surface area contributed by atoms with Gasteiger partial charge in [-0.1, -0.05) is 49.7 Å².